The molecule has 18 heavy (non-hydrogen) atoms. The molecule has 2 rings (SSSR count). The Balaban J connectivity index is 2.17. The van der Waals surface area contributed by atoms with Gasteiger partial charge in [0.25, 0.3) is 0 Å². The Bertz CT molecular complexity index is 538. The molecule has 0 saturated carbocycles. The van der Waals surface area contributed by atoms with Gasteiger partial charge in [-0.15, -0.1) is 11.3 Å². The molecular weight excluding hydrogens is 248 g/mol. The third-order valence-electron chi connectivity index (χ3n) is 2.43. The van der Waals surface area contributed by atoms with Crippen molar-refractivity contribution in [3.63, 3.8) is 0 Å². The lowest BCUT2D eigenvalue weighted by atomic mass is 10.4. The first-order valence-electron chi connectivity index (χ1n) is 5.53. The molecule has 3 N–H and O–H groups in total. The predicted molar refractivity (Wildman–Crippen MR) is 73.5 cm³/mol. The maximum absolute atomic E-state index is 5.37. The number of thiazole rings is 1. The molecule has 2 heterocycles. The molecule has 0 aliphatic rings. The summed E-state index contributed by atoms with van der Waals surface area (Å²) in [5.41, 5.74) is 3.58. The average molecular weight is 264 g/mol. The van der Waals surface area contributed by atoms with E-state index in [4.69, 9.17) is 5.84 Å². The Morgan fingerprint density at radius 3 is 2.72 bits per heavy atom. The number of nitrogens with one attached hydrogen (secondary N) is 1. The number of hydrogen-bond donors (Lipinski definition) is 2. The smallest absolute Gasteiger partial charge is 0.145 e. The van der Waals surface area contributed by atoms with Crippen molar-refractivity contribution in [3.05, 3.63) is 28.0 Å². The Kier molecular flexibility index (Phi) is 3.73. The van der Waals surface area contributed by atoms with Gasteiger partial charge in [-0.3, -0.25) is 0 Å². The molecule has 0 aromatic carbocycles. The average Bonchev–Trinajstić information content (AvgIpc) is 2.73. The fourth-order valence-corrected chi connectivity index (χ4v) is 2.23. The summed E-state index contributed by atoms with van der Waals surface area (Å²) in [6, 6.07) is 1.81. The first-order chi connectivity index (χ1) is 8.58. The number of nitrogens with zero attached hydrogens (tertiary/aromatic N) is 4. The summed E-state index contributed by atoms with van der Waals surface area (Å²) < 4.78 is 0. The molecule has 0 radical (unpaired) electrons. The van der Waals surface area contributed by atoms with Crippen LogP contribution in [-0.4, -0.2) is 22.0 Å². The van der Waals surface area contributed by atoms with E-state index in [1.807, 2.05) is 31.9 Å². The van der Waals surface area contributed by atoms with E-state index < -0.39 is 0 Å². The Morgan fingerprint density at radius 1 is 1.33 bits per heavy atom. The van der Waals surface area contributed by atoms with Gasteiger partial charge in [0.1, 0.15) is 17.5 Å². The molecule has 0 spiro atoms. The van der Waals surface area contributed by atoms with Gasteiger partial charge in [-0.25, -0.2) is 20.8 Å². The summed E-state index contributed by atoms with van der Waals surface area (Å²) in [5.74, 6) is 7.49. The minimum absolute atomic E-state index is 0.610. The van der Waals surface area contributed by atoms with Crippen LogP contribution in [0.5, 0.6) is 0 Å². The first kappa shape index (κ1) is 12.7. The first-order valence-corrected chi connectivity index (χ1v) is 6.41. The van der Waals surface area contributed by atoms with Crippen LogP contribution in [0.2, 0.25) is 0 Å². The molecule has 2 aromatic rings. The van der Waals surface area contributed by atoms with Gasteiger partial charge in [-0.2, -0.15) is 0 Å². The summed E-state index contributed by atoms with van der Waals surface area (Å²) in [4.78, 5) is 15.0. The highest BCUT2D eigenvalue weighted by molar-refractivity contribution is 7.09. The van der Waals surface area contributed by atoms with Crippen molar-refractivity contribution in [3.8, 4) is 0 Å². The molecule has 0 unspecified atom stereocenters. The molecule has 0 aliphatic carbocycles. The van der Waals surface area contributed by atoms with E-state index >= 15 is 0 Å². The summed E-state index contributed by atoms with van der Waals surface area (Å²) in [6.07, 6.45) is 0. The van der Waals surface area contributed by atoms with E-state index in [0.717, 1.165) is 16.5 Å². The largest absolute Gasteiger partial charge is 0.354 e. The Labute approximate surface area is 110 Å². The van der Waals surface area contributed by atoms with Gasteiger partial charge in [0.15, 0.2) is 0 Å². The fraction of sp³-hybridized carbons (Fsp3) is 0.364. The number of hydrogen-bond acceptors (Lipinski definition) is 7. The van der Waals surface area contributed by atoms with Crippen LogP contribution in [0, 0.1) is 13.8 Å². The number of rotatable bonds is 4. The van der Waals surface area contributed by atoms with E-state index in [1.165, 1.54) is 0 Å². The quantitative estimate of drug-likeness (QED) is 0.643. The highest BCUT2D eigenvalue weighted by atomic mass is 32.1. The van der Waals surface area contributed by atoms with E-state index in [-0.39, 0.29) is 0 Å². The van der Waals surface area contributed by atoms with Crippen LogP contribution in [0.15, 0.2) is 11.4 Å². The second kappa shape index (κ2) is 5.28. The molecule has 6 nitrogen and oxygen atoms in total. The maximum atomic E-state index is 5.37. The number of hydrazine groups is 1. The van der Waals surface area contributed by atoms with Crippen LogP contribution in [0.4, 0.5) is 11.6 Å². The van der Waals surface area contributed by atoms with Crippen molar-refractivity contribution in [1.29, 1.82) is 0 Å². The van der Waals surface area contributed by atoms with Crippen LogP contribution in [-0.2, 0) is 6.54 Å². The second-order valence-electron chi connectivity index (χ2n) is 4.02. The molecule has 96 valence electrons. The van der Waals surface area contributed by atoms with Crippen LogP contribution >= 0.6 is 11.3 Å². The highest BCUT2D eigenvalue weighted by Crippen LogP contribution is 2.17. The third-order valence-corrected chi connectivity index (χ3v) is 3.25. The van der Waals surface area contributed by atoms with Gasteiger partial charge < -0.3 is 10.3 Å². The second-order valence-corrected chi connectivity index (χ2v) is 5.08. The molecule has 7 heteroatoms. The van der Waals surface area contributed by atoms with Crippen molar-refractivity contribution < 1.29 is 0 Å². The van der Waals surface area contributed by atoms with Gasteiger partial charge in [0.2, 0.25) is 0 Å². The Morgan fingerprint density at radius 2 is 2.11 bits per heavy atom. The molecule has 0 saturated heterocycles. The zero-order valence-electron chi connectivity index (χ0n) is 10.6. The molecule has 0 fully saturated rings. The van der Waals surface area contributed by atoms with Gasteiger partial charge in [0, 0.05) is 18.5 Å². The van der Waals surface area contributed by atoms with Crippen molar-refractivity contribution in [1.82, 2.24) is 15.0 Å². The van der Waals surface area contributed by atoms with E-state index in [2.05, 4.69) is 25.8 Å². The van der Waals surface area contributed by atoms with Gasteiger partial charge in [0.05, 0.1) is 17.2 Å². The zero-order valence-corrected chi connectivity index (χ0v) is 11.5. The maximum Gasteiger partial charge on any atom is 0.145 e. The minimum atomic E-state index is 0.610. The lowest BCUT2D eigenvalue weighted by Crippen LogP contribution is -2.19. The normalized spacial score (nSPS) is 10.4. The molecule has 0 aliphatic heterocycles. The number of nitrogens with two attached hydrogens (primary N) is 1. The van der Waals surface area contributed by atoms with Crippen LogP contribution < -0.4 is 16.2 Å². The van der Waals surface area contributed by atoms with E-state index in [1.54, 1.807) is 11.3 Å². The summed E-state index contributed by atoms with van der Waals surface area (Å²) in [6.45, 7) is 4.55. The molecule has 2 aromatic heterocycles. The zero-order chi connectivity index (χ0) is 13.1. The molecule has 0 amide bonds. The lowest BCUT2D eigenvalue weighted by Gasteiger charge is -2.17. The van der Waals surface area contributed by atoms with Crippen molar-refractivity contribution >= 4 is 23.0 Å². The monoisotopic (exact) mass is 264 g/mol. The number of aryl methyl sites for hydroxylation is 2. The molecule has 0 bridgehead atoms. The SMILES string of the molecule is Cc1nc(NN)cc(N(C)Cc2csc(C)n2)n1. The van der Waals surface area contributed by atoms with Crippen LogP contribution in [0.3, 0.4) is 0 Å². The third kappa shape index (κ3) is 2.93. The molecular formula is C11H16N6S. The summed E-state index contributed by atoms with van der Waals surface area (Å²) >= 11 is 1.65. The van der Waals surface area contributed by atoms with Crippen molar-refractivity contribution in [2.45, 2.75) is 20.4 Å². The van der Waals surface area contributed by atoms with E-state index in [9.17, 15) is 0 Å². The lowest BCUT2D eigenvalue weighted by molar-refractivity contribution is 0.857. The topological polar surface area (TPSA) is 80.0 Å². The number of nitrogen functional groups attached to an aromatic ring is 1. The summed E-state index contributed by atoms with van der Waals surface area (Å²) in [7, 11) is 1.97. The van der Waals surface area contributed by atoms with Gasteiger partial charge in [-0.1, -0.05) is 0 Å². The van der Waals surface area contributed by atoms with E-state index in [0.29, 0.717) is 18.2 Å². The Hall–Kier alpha value is -1.73. The fourth-order valence-electron chi connectivity index (χ4n) is 1.63. The standard InChI is InChI=1S/C11H16N6S/c1-7-13-10(16-12)4-11(14-7)17(3)5-9-6-18-8(2)15-9/h4,6H,5,12H2,1-3H3,(H,13,14,16). The highest BCUT2D eigenvalue weighted by Gasteiger charge is 2.08. The van der Waals surface area contributed by atoms with Crippen molar-refractivity contribution in [2.24, 2.45) is 5.84 Å². The number of aromatic nitrogens is 3. The summed E-state index contributed by atoms with van der Waals surface area (Å²) in [5, 5.41) is 3.13. The van der Waals surface area contributed by atoms with Gasteiger partial charge in [-0.05, 0) is 13.8 Å². The molecule has 0 atom stereocenters. The van der Waals surface area contributed by atoms with Gasteiger partial charge >= 0.3 is 0 Å². The van der Waals surface area contributed by atoms with Crippen LogP contribution in [0.25, 0.3) is 0 Å². The number of anilines is 2. The van der Waals surface area contributed by atoms with Crippen LogP contribution in [0.1, 0.15) is 16.5 Å². The predicted octanol–water partition coefficient (Wildman–Crippen LogP) is 1.47. The minimum Gasteiger partial charge on any atom is -0.354 e. The van der Waals surface area contributed by atoms with Crippen molar-refractivity contribution in [2.75, 3.05) is 17.4 Å².